The van der Waals surface area contributed by atoms with Gasteiger partial charge in [-0.2, -0.15) is 0 Å². The molecule has 0 aromatic rings. The fourth-order valence-electron chi connectivity index (χ4n) is 1.60. The van der Waals surface area contributed by atoms with Crippen LogP contribution in [0.1, 0.15) is 13.8 Å². The molecule has 0 bridgehead atoms. The molecule has 1 aliphatic carbocycles. The van der Waals surface area contributed by atoms with Gasteiger partial charge in [-0.15, -0.1) is 0 Å². The Morgan fingerprint density at radius 3 is 2.25 bits per heavy atom. The van der Waals surface area contributed by atoms with Gasteiger partial charge in [0.25, 0.3) is 0 Å². The van der Waals surface area contributed by atoms with Crippen LogP contribution in [0.25, 0.3) is 0 Å². The Morgan fingerprint density at radius 1 is 1.50 bits per heavy atom. The van der Waals surface area contributed by atoms with Crippen molar-refractivity contribution in [1.82, 2.24) is 0 Å². The highest BCUT2D eigenvalue weighted by atomic mass is 79.9. The van der Waals surface area contributed by atoms with E-state index < -0.39 is 5.97 Å². The molecule has 2 nitrogen and oxygen atoms in total. The molecule has 12 heavy (non-hydrogen) atoms. The van der Waals surface area contributed by atoms with E-state index in [1.165, 1.54) is 0 Å². The molecule has 0 spiro atoms. The average molecular weight is 298 g/mol. The van der Waals surface area contributed by atoms with E-state index in [0.717, 1.165) is 3.39 Å². The summed E-state index contributed by atoms with van der Waals surface area (Å²) in [7, 11) is 0. The normalized spacial score (nSPS) is 31.0. The monoisotopic (exact) mass is 296 g/mol. The maximum Gasteiger partial charge on any atom is 0.307 e. The number of rotatable bonds is 2. The second kappa shape index (κ2) is 3.14. The lowest BCUT2D eigenvalue weighted by Gasteiger charge is -1.96. The van der Waals surface area contributed by atoms with Crippen LogP contribution >= 0.6 is 31.9 Å². The second-order valence-electron chi connectivity index (χ2n) is 3.62. The molecule has 1 fully saturated rings. The maximum atomic E-state index is 10.7. The highest BCUT2D eigenvalue weighted by Crippen LogP contribution is 2.59. The zero-order chi connectivity index (χ0) is 9.52. The van der Waals surface area contributed by atoms with Gasteiger partial charge in [0.1, 0.15) is 0 Å². The molecule has 4 heteroatoms. The Labute approximate surface area is 88.3 Å². The predicted octanol–water partition coefficient (Wildman–Crippen LogP) is 2.97. The van der Waals surface area contributed by atoms with Crippen molar-refractivity contribution >= 4 is 37.8 Å². The van der Waals surface area contributed by atoms with Crippen molar-refractivity contribution in [3.8, 4) is 0 Å². The van der Waals surface area contributed by atoms with Gasteiger partial charge in [0.15, 0.2) is 0 Å². The van der Waals surface area contributed by atoms with E-state index in [-0.39, 0.29) is 17.3 Å². The number of aliphatic carboxylic acids is 1. The minimum absolute atomic E-state index is 0.0986. The summed E-state index contributed by atoms with van der Waals surface area (Å²) in [5.74, 6) is -0.797. The fourth-order valence-corrected chi connectivity index (χ4v) is 2.17. The first-order chi connectivity index (χ1) is 5.37. The van der Waals surface area contributed by atoms with Crippen LogP contribution in [0, 0.1) is 17.3 Å². The van der Waals surface area contributed by atoms with E-state index in [1.54, 1.807) is 0 Å². The van der Waals surface area contributed by atoms with Crippen LogP contribution in [0.3, 0.4) is 0 Å². The van der Waals surface area contributed by atoms with E-state index in [9.17, 15) is 4.79 Å². The molecule has 0 aromatic heterocycles. The summed E-state index contributed by atoms with van der Waals surface area (Å²) in [6, 6.07) is 0. The van der Waals surface area contributed by atoms with Crippen LogP contribution in [-0.4, -0.2) is 11.1 Å². The van der Waals surface area contributed by atoms with E-state index in [2.05, 4.69) is 31.9 Å². The molecule has 1 saturated carbocycles. The first-order valence-corrected chi connectivity index (χ1v) is 5.21. The second-order valence-corrected chi connectivity index (χ2v) is 6.39. The van der Waals surface area contributed by atoms with Crippen molar-refractivity contribution in [3.63, 3.8) is 0 Å². The molecule has 0 heterocycles. The summed E-state index contributed by atoms with van der Waals surface area (Å²) < 4.78 is 0.830. The highest BCUT2D eigenvalue weighted by Gasteiger charge is 2.60. The smallest absolute Gasteiger partial charge is 0.307 e. The van der Waals surface area contributed by atoms with Crippen LogP contribution in [0.2, 0.25) is 0 Å². The van der Waals surface area contributed by atoms with E-state index in [1.807, 2.05) is 19.9 Å². The van der Waals surface area contributed by atoms with Crippen molar-refractivity contribution in [1.29, 1.82) is 0 Å². The number of carboxylic acid groups (broad SMARTS) is 1. The molecule has 1 rings (SSSR count). The summed E-state index contributed by atoms with van der Waals surface area (Å²) >= 11 is 6.46. The molecule has 68 valence electrons. The van der Waals surface area contributed by atoms with Crippen LogP contribution < -0.4 is 0 Å². The lowest BCUT2D eigenvalue weighted by molar-refractivity contribution is -0.139. The number of allylic oxidation sites excluding steroid dienone is 1. The predicted molar refractivity (Wildman–Crippen MR) is 54.3 cm³/mol. The Kier molecular flexibility index (Phi) is 2.69. The standard InChI is InChI=1S/C8H10Br2O2/c1-8(2)4(3-5(9)10)6(8)7(11)12/h3-4,6H,1-2H3,(H,11,12)/t4-,6-/m0/s1. The van der Waals surface area contributed by atoms with Crippen LogP contribution in [0.15, 0.2) is 9.47 Å². The van der Waals surface area contributed by atoms with Crippen molar-refractivity contribution in [2.45, 2.75) is 13.8 Å². The minimum Gasteiger partial charge on any atom is -0.481 e. The molecule has 1 N–H and O–H groups in total. The molecule has 0 aromatic carbocycles. The van der Waals surface area contributed by atoms with Crippen molar-refractivity contribution in [3.05, 3.63) is 9.47 Å². The largest absolute Gasteiger partial charge is 0.481 e. The third-order valence-corrected chi connectivity index (χ3v) is 3.01. The summed E-state index contributed by atoms with van der Waals surface area (Å²) in [5, 5.41) is 8.81. The molecule has 0 saturated heterocycles. The molecular formula is C8H10Br2O2. The Hall–Kier alpha value is 0.170. The zero-order valence-corrected chi connectivity index (χ0v) is 10.0. The SMILES string of the molecule is CC1(C)[C@H](C(=O)O)[C@@H]1C=C(Br)Br. The van der Waals surface area contributed by atoms with Gasteiger partial charge in [-0.25, -0.2) is 0 Å². The molecule has 0 amide bonds. The first-order valence-electron chi connectivity index (χ1n) is 3.63. The van der Waals surface area contributed by atoms with Crippen LogP contribution in [0.5, 0.6) is 0 Å². The average Bonchev–Trinajstić information content (AvgIpc) is 2.32. The topological polar surface area (TPSA) is 37.3 Å². The lowest BCUT2D eigenvalue weighted by Crippen LogP contribution is -2.02. The third kappa shape index (κ3) is 1.74. The van der Waals surface area contributed by atoms with Crippen LogP contribution in [0.4, 0.5) is 0 Å². The Morgan fingerprint density at radius 2 is 2.00 bits per heavy atom. The Bertz CT molecular complexity index is 241. The molecule has 0 radical (unpaired) electrons. The first kappa shape index (κ1) is 10.3. The number of carbonyl (C=O) groups is 1. The summed E-state index contributed by atoms with van der Waals surface area (Å²) in [6.45, 7) is 3.94. The van der Waals surface area contributed by atoms with Gasteiger partial charge in [-0.1, -0.05) is 19.9 Å². The van der Waals surface area contributed by atoms with Gasteiger partial charge in [0.2, 0.25) is 0 Å². The van der Waals surface area contributed by atoms with Gasteiger partial charge in [0, 0.05) is 0 Å². The lowest BCUT2D eigenvalue weighted by atomic mass is 10.1. The van der Waals surface area contributed by atoms with Crippen LogP contribution in [-0.2, 0) is 4.79 Å². The summed E-state index contributed by atoms with van der Waals surface area (Å²) in [5.41, 5.74) is -0.0986. The molecule has 2 atom stereocenters. The minimum atomic E-state index is -0.706. The maximum absolute atomic E-state index is 10.7. The fraction of sp³-hybridized carbons (Fsp3) is 0.625. The van der Waals surface area contributed by atoms with Gasteiger partial charge in [0.05, 0.1) is 9.31 Å². The van der Waals surface area contributed by atoms with Gasteiger partial charge >= 0.3 is 5.97 Å². The number of hydrogen-bond acceptors (Lipinski definition) is 1. The molecular weight excluding hydrogens is 288 g/mol. The molecule has 1 aliphatic rings. The van der Waals surface area contributed by atoms with Crippen molar-refractivity contribution in [2.24, 2.45) is 17.3 Å². The molecule has 0 aliphatic heterocycles. The number of halogens is 2. The number of hydrogen-bond donors (Lipinski definition) is 1. The van der Waals surface area contributed by atoms with E-state index >= 15 is 0 Å². The van der Waals surface area contributed by atoms with Gasteiger partial charge < -0.3 is 5.11 Å². The number of carboxylic acids is 1. The molecule has 0 unspecified atom stereocenters. The highest BCUT2D eigenvalue weighted by molar-refractivity contribution is 9.28. The third-order valence-electron chi connectivity index (χ3n) is 2.48. The van der Waals surface area contributed by atoms with Crippen molar-refractivity contribution in [2.75, 3.05) is 0 Å². The quantitative estimate of drug-likeness (QED) is 0.851. The van der Waals surface area contributed by atoms with E-state index in [0.29, 0.717) is 0 Å². The summed E-state index contributed by atoms with van der Waals surface area (Å²) in [6.07, 6.45) is 1.90. The zero-order valence-electron chi connectivity index (χ0n) is 6.84. The van der Waals surface area contributed by atoms with E-state index in [4.69, 9.17) is 5.11 Å². The van der Waals surface area contributed by atoms with Crippen molar-refractivity contribution < 1.29 is 9.90 Å². The van der Waals surface area contributed by atoms with Gasteiger partial charge in [-0.05, 0) is 43.2 Å². The summed E-state index contributed by atoms with van der Waals surface area (Å²) in [4.78, 5) is 10.7. The van der Waals surface area contributed by atoms with Gasteiger partial charge in [-0.3, -0.25) is 4.79 Å². The Balaban J connectivity index is 2.73.